The summed E-state index contributed by atoms with van der Waals surface area (Å²) in [4.78, 5) is 18.9. The van der Waals surface area contributed by atoms with Gasteiger partial charge in [-0.2, -0.15) is 0 Å². The molecule has 5 heteroatoms. The lowest BCUT2D eigenvalue weighted by atomic mass is 9.90. The number of hydrogen-bond donors (Lipinski definition) is 0. The smallest absolute Gasteiger partial charge is 0.250 e. The Bertz CT molecular complexity index is 805. The Hall–Kier alpha value is -2.14. The number of rotatable bonds is 4. The molecule has 25 heavy (non-hydrogen) atoms. The van der Waals surface area contributed by atoms with Gasteiger partial charge in [0.1, 0.15) is 5.75 Å². The zero-order chi connectivity index (χ0) is 18.0. The van der Waals surface area contributed by atoms with Crippen LogP contribution in [-0.2, 0) is 13.6 Å². The predicted molar refractivity (Wildman–Crippen MR) is 99.2 cm³/mol. The van der Waals surface area contributed by atoms with Gasteiger partial charge in [-0.25, -0.2) is 0 Å². The van der Waals surface area contributed by atoms with Gasteiger partial charge in [0.15, 0.2) is 0 Å². The fraction of sp³-hybridized carbons (Fsp3) is 0.500. The van der Waals surface area contributed by atoms with E-state index in [2.05, 4.69) is 22.9 Å². The van der Waals surface area contributed by atoms with E-state index < -0.39 is 0 Å². The Morgan fingerprint density at radius 2 is 2.00 bits per heavy atom. The summed E-state index contributed by atoms with van der Waals surface area (Å²) in [6.07, 6.45) is 5.92. The second kappa shape index (κ2) is 7.40. The summed E-state index contributed by atoms with van der Waals surface area (Å²) in [5.74, 6) is 1.42. The summed E-state index contributed by atoms with van der Waals surface area (Å²) in [5, 5.41) is 0. The minimum atomic E-state index is 0.0755. The van der Waals surface area contributed by atoms with Crippen molar-refractivity contribution in [3.8, 4) is 5.75 Å². The van der Waals surface area contributed by atoms with Crippen molar-refractivity contribution >= 4 is 0 Å². The van der Waals surface area contributed by atoms with Crippen LogP contribution in [0, 0.1) is 13.8 Å². The Morgan fingerprint density at radius 1 is 1.28 bits per heavy atom. The fourth-order valence-corrected chi connectivity index (χ4v) is 3.68. The zero-order valence-electron chi connectivity index (χ0n) is 15.6. The Balaban J connectivity index is 1.65. The summed E-state index contributed by atoms with van der Waals surface area (Å²) >= 11 is 0. The van der Waals surface area contributed by atoms with Crippen LogP contribution in [0.5, 0.6) is 5.75 Å². The number of aryl methyl sites for hydroxylation is 2. The number of nitrogens with zero attached hydrogens (tertiary/aromatic N) is 3. The third kappa shape index (κ3) is 3.76. The molecule has 1 fully saturated rings. The molecule has 134 valence electrons. The van der Waals surface area contributed by atoms with Crippen LogP contribution in [-0.4, -0.2) is 34.7 Å². The molecule has 1 aliphatic heterocycles. The molecule has 1 saturated heterocycles. The topological polar surface area (TPSA) is 47.4 Å². The lowest BCUT2D eigenvalue weighted by Gasteiger charge is -2.32. The molecule has 0 unspecified atom stereocenters. The van der Waals surface area contributed by atoms with E-state index >= 15 is 0 Å². The third-order valence-corrected chi connectivity index (χ3v) is 5.31. The molecule has 0 saturated carbocycles. The highest BCUT2D eigenvalue weighted by molar-refractivity contribution is 5.41. The second-order valence-corrected chi connectivity index (χ2v) is 7.01. The SMILES string of the molecule is COc1c(C)cnc(CN2CCC(c3ccn(C)c(=O)c3)CC2)c1C. The highest BCUT2D eigenvalue weighted by Crippen LogP contribution is 2.29. The van der Waals surface area contributed by atoms with Gasteiger partial charge in [-0.15, -0.1) is 0 Å². The standard InChI is InChI=1S/C20H27N3O2/c1-14-12-21-18(15(2)20(14)25-4)13-23-9-6-16(7-10-23)17-5-8-22(3)19(24)11-17/h5,8,11-12,16H,6-7,9-10,13H2,1-4H3. The van der Waals surface area contributed by atoms with E-state index in [9.17, 15) is 4.79 Å². The normalized spacial score (nSPS) is 16.2. The number of hydrogen-bond acceptors (Lipinski definition) is 4. The summed E-state index contributed by atoms with van der Waals surface area (Å²) < 4.78 is 7.13. The first kappa shape index (κ1) is 17.7. The highest BCUT2D eigenvalue weighted by atomic mass is 16.5. The minimum absolute atomic E-state index is 0.0755. The van der Waals surface area contributed by atoms with E-state index in [1.807, 2.05) is 19.3 Å². The molecule has 0 aromatic carbocycles. The van der Waals surface area contributed by atoms with E-state index in [1.165, 1.54) is 5.56 Å². The van der Waals surface area contributed by atoms with Gasteiger partial charge < -0.3 is 9.30 Å². The van der Waals surface area contributed by atoms with E-state index in [-0.39, 0.29) is 5.56 Å². The van der Waals surface area contributed by atoms with Crippen LogP contribution in [0.1, 0.15) is 41.1 Å². The van der Waals surface area contributed by atoms with Gasteiger partial charge in [-0.1, -0.05) is 0 Å². The van der Waals surface area contributed by atoms with Crippen molar-refractivity contribution in [3.05, 3.63) is 57.3 Å². The van der Waals surface area contributed by atoms with E-state index in [4.69, 9.17) is 4.74 Å². The Kier molecular flexibility index (Phi) is 5.23. The van der Waals surface area contributed by atoms with E-state index in [0.29, 0.717) is 5.92 Å². The molecule has 0 atom stereocenters. The summed E-state index contributed by atoms with van der Waals surface area (Å²) in [6.45, 7) is 7.01. The highest BCUT2D eigenvalue weighted by Gasteiger charge is 2.22. The maximum atomic E-state index is 11.8. The quantitative estimate of drug-likeness (QED) is 0.858. The number of pyridine rings is 2. The minimum Gasteiger partial charge on any atom is -0.496 e. The maximum Gasteiger partial charge on any atom is 0.250 e. The van der Waals surface area contributed by atoms with Crippen LogP contribution >= 0.6 is 0 Å². The molecule has 3 rings (SSSR count). The first-order valence-electron chi connectivity index (χ1n) is 8.87. The molecule has 0 amide bonds. The van der Waals surface area contributed by atoms with Crippen molar-refractivity contribution in [2.75, 3.05) is 20.2 Å². The monoisotopic (exact) mass is 341 g/mol. The average Bonchev–Trinajstić information content (AvgIpc) is 2.61. The lowest BCUT2D eigenvalue weighted by molar-refractivity contribution is 0.202. The number of methoxy groups -OCH3 is 1. The first-order valence-corrected chi connectivity index (χ1v) is 8.87. The van der Waals surface area contributed by atoms with Crippen LogP contribution in [0.3, 0.4) is 0 Å². The van der Waals surface area contributed by atoms with Crippen molar-refractivity contribution in [2.24, 2.45) is 7.05 Å². The largest absolute Gasteiger partial charge is 0.496 e. The molecule has 0 radical (unpaired) electrons. The molecule has 2 aromatic rings. The van der Waals surface area contributed by atoms with Gasteiger partial charge in [0.05, 0.1) is 12.8 Å². The third-order valence-electron chi connectivity index (χ3n) is 5.31. The molecule has 3 heterocycles. The Morgan fingerprint density at radius 3 is 2.64 bits per heavy atom. The van der Waals surface area contributed by atoms with Gasteiger partial charge in [0.25, 0.3) is 5.56 Å². The van der Waals surface area contributed by atoms with Gasteiger partial charge >= 0.3 is 0 Å². The van der Waals surface area contributed by atoms with E-state index in [1.54, 1.807) is 24.8 Å². The van der Waals surface area contributed by atoms with Crippen LogP contribution in [0.2, 0.25) is 0 Å². The number of ether oxygens (including phenoxy) is 1. The predicted octanol–water partition coefficient (Wildman–Crippen LogP) is 2.79. The van der Waals surface area contributed by atoms with Crippen molar-refractivity contribution in [1.82, 2.24) is 14.5 Å². The Labute approximate surface area is 149 Å². The second-order valence-electron chi connectivity index (χ2n) is 7.01. The molecule has 0 N–H and O–H groups in total. The molecular formula is C20H27N3O2. The van der Waals surface area contributed by atoms with Crippen molar-refractivity contribution in [3.63, 3.8) is 0 Å². The number of piperidine rings is 1. The summed E-state index contributed by atoms with van der Waals surface area (Å²) in [5.41, 5.74) is 4.55. The molecule has 0 spiro atoms. The molecular weight excluding hydrogens is 314 g/mol. The van der Waals surface area contributed by atoms with Gasteiger partial charge in [-0.05, 0) is 57.3 Å². The summed E-state index contributed by atoms with van der Waals surface area (Å²) in [6, 6.07) is 3.87. The molecule has 1 aliphatic rings. The van der Waals surface area contributed by atoms with Crippen LogP contribution in [0.4, 0.5) is 0 Å². The molecule has 0 aliphatic carbocycles. The lowest BCUT2D eigenvalue weighted by Crippen LogP contribution is -2.33. The zero-order valence-corrected chi connectivity index (χ0v) is 15.6. The van der Waals surface area contributed by atoms with Gasteiger partial charge in [0, 0.05) is 43.2 Å². The number of likely N-dealkylation sites (tertiary alicyclic amines) is 1. The summed E-state index contributed by atoms with van der Waals surface area (Å²) in [7, 11) is 3.51. The van der Waals surface area contributed by atoms with Gasteiger partial charge in [0.2, 0.25) is 0 Å². The molecule has 5 nitrogen and oxygen atoms in total. The number of aromatic nitrogens is 2. The van der Waals surface area contributed by atoms with Crippen LogP contribution in [0.15, 0.2) is 29.3 Å². The van der Waals surface area contributed by atoms with Crippen LogP contribution in [0.25, 0.3) is 0 Å². The van der Waals surface area contributed by atoms with Gasteiger partial charge in [-0.3, -0.25) is 14.7 Å². The average molecular weight is 341 g/mol. The van der Waals surface area contributed by atoms with Crippen molar-refractivity contribution in [1.29, 1.82) is 0 Å². The van der Waals surface area contributed by atoms with Crippen molar-refractivity contribution < 1.29 is 4.74 Å². The van der Waals surface area contributed by atoms with E-state index in [0.717, 1.165) is 55.0 Å². The van der Waals surface area contributed by atoms with Crippen molar-refractivity contribution in [2.45, 2.75) is 39.2 Å². The molecule has 2 aromatic heterocycles. The maximum absolute atomic E-state index is 11.8. The van der Waals surface area contributed by atoms with Crippen LogP contribution < -0.4 is 10.3 Å². The first-order chi connectivity index (χ1) is 12.0. The molecule has 0 bridgehead atoms. The fourth-order valence-electron chi connectivity index (χ4n) is 3.68.